The number of carbonyl (C=O) groups is 1. The molecule has 1 aromatic heterocycles. The number of carbonyl (C=O) groups excluding carboxylic acids is 1. The molecule has 0 fully saturated rings. The Morgan fingerprint density at radius 2 is 1.79 bits per heavy atom. The maximum atomic E-state index is 14.7. The van der Waals surface area contributed by atoms with E-state index in [1.807, 2.05) is 0 Å². The number of aromatic nitrogens is 1. The largest absolute Gasteiger partial charge is 0.444 e. The Labute approximate surface area is 174 Å². The van der Waals surface area contributed by atoms with Gasteiger partial charge in [0.15, 0.2) is 5.43 Å². The molecule has 0 unspecified atom stereocenters. The van der Waals surface area contributed by atoms with E-state index in [1.165, 1.54) is 16.7 Å². The normalized spacial score (nSPS) is 11.6. The van der Waals surface area contributed by atoms with E-state index >= 15 is 0 Å². The van der Waals surface area contributed by atoms with Gasteiger partial charge in [0.2, 0.25) is 0 Å². The molecule has 2 aromatic carbocycles. The number of nitrogens with one attached hydrogen (secondary N) is 1. The first-order valence-corrected chi connectivity index (χ1v) is 9.57. The van der Waals surface area contributed by atoms with Crippen LogP contribution in [0.25, 0.3) is 16.6 Å². The first-order valence-electron chi connectivity index (χ1n) is 8.77. The molecule has 0 atom stereocenters. The zero-order valence-electron chi connectivity index (χ0n) is 16.3. The molecule has 5 nitrogen and oxygen atoms in total. The molecule has 0 aliphatic heterocycles. The lowest BCUT2D eigenvalue weighted by Gasteiger charge is -2.21. The van der Waals surface area contributed by atoms with Crippen molar-refractivity contribution < 1.29 is 18.3 Å². The number of anilines is 1. The summed E-state index contributed by atoms with van der Waals surface area (Å²) in [6.07, 6.45) is -0.863. The number of amides is 1. The molecule has 0 spiro atoms. The highest BCUT2D eigenvalue weighted by Gasteiger charge is 2.20. The molecule has 3 aromatic rings. The fourth-order valence-corrected chi connectivity index (χ4v) is 3.31. The summed E-state index contributed by atoms with van der Waals surface area (Å²) in [5.74, 6) is -1.79. The number of benzene rings is 2. The number of halogens is 3. The lowest BCUT2D eigenvalue weighted by Crippen LogP contribution is -2.27. The maximum absolute atomic E-state index is 14.7. The molecule has 8 heteroatoms. The fourth-order valence-electron chi connectivity index (χ4n) is 2.96. The van der Waals surface area contributed by atoms with Crippen LogP contribution in [0.15, 0.2) is 45.7 Å². The SMILES string of the molecule is Cc1cc(=O)c2ccc(Br)cc2n1-c1cc(NC(=O)OC(C)(C)C)c(F)cc1F. The lowest BCUT2D eigenvalue weighted by atomic mass is 10.1. The van der Waals surface area contributed by atoms with Crippen LogP contribution in [0.4, 0.5) is 19.3 Å². The van der Waals surface area contributed by atoms with Crippen LogP contribution in [0, 0.1) is 18.6 Å². The van der Waals surface area contributed by atoms with Crippen LogP contribution < -0.4 is 10.7 Å². The third-order valence-corrected chi connectivity index (χ3v) is 4.57. The summed E-state index contributed by atoms with van der Waals surface area (Å²) in [4.78, 5) is 24.4. The third-order valence-electron chi connectivity index (χ3n) is 4.07. The second-order valence-corrected chi connectivity index (χ2v) is 8.47. The van der Waals surface area contributed by atoms with Gasteiger partial charge in [-0.05, 0) is 52.0 Å². The quantitative estimate of drug-likeness (QED) is 0.529. The number of fused-ring (bicyclic) bond motifs is 1. The van der Waals surface area contributed by atoms with Crippen LogP contribution in [-0.2, 0) is 4.74 Å². The molecular formula is C21H19BrF2N2O3. The van der Waals surface area contributed by atoms with Gasteiger partial charge in [-0.3, -0.25) is 10.1 Å². The molecule has 3 rings (SSSR count). The molecule has 0 aliphatic rings. The molecule has 29 heavy (non-hydrogen) atoms. The second kappa shape index (κ2) is 7.59. The van der Waals surface area contributed by atoms with E-state index in [0.717, 1.165) is 0 Å². The molecule has 0 aliphatic carbocycles. The molecule has 0 saturated heterocycles. The molecule has 152 valence electrons. The summed E-state index contributed by atoms with van der Waals surface area (Å²) in [6.45, 7) is 6.66. The monoisotopic (exact) mass is 464 g/mol. The van der Waals surface area contributed by atoms with E-state index in [2.05, 4.69) is 21.2 Å². The van der Waals surface area contributed by atoms with Gasteiger partial charge in [-0.15, -0.1) is 0 Å². The van der Waals surface area contributed by atoms with Crippen LogP contribution in [0.3, 0.4) is 0 Å². The van der Waals surface area contributed by atoms with Gasteiger partial charge in [-0.25, -0.2) is 13.6 Å². The summed E-state index contributed by atoms with van der Waals surface area (Å²) in [6, 6.07) is 8.24. The van der Waals surface area contributed by atoms with Gasteiger partial charge in [-0.2, -0.15) is 0 Å². The van der Waals surface area contributed by atoms with Crippen molar-refractivity contribution in [3.8, 4) is 5.69 Å². The van der Waals surface area contributed by atoms with Crippen molar-refractivity contribution in [2.24, 2.45) is 0 Å². The van der Waals surface area contributed by atoms with Crippen LogP contribution in [-0.4, -0.2) is 16.3 Å². The number of ether oxygens (including phenoxy) is 1. The van der Waals surface area contributed by atoms with Crippen molar-refractivity contribution >= 4 is 38.6 Å². The minimum Gasteiger partial charge on any atom is -0.444 e. The first-order chi connectivity index (χ1) is 13.5. The standard InChI is InChI=1S/C21H19BrF2N2O3/c1-11-7-19(27)13-6-5-12(22)8-17(13)26(11)18-10-16(14(23)9-15(18)24)25-20(28)29-21(2,3)4/h5-10H,1-4H3,(H,25,28). The summed E-state index contributed by atoms with van der Waals surface area (Å²) in [5.41, 5.74) is -0.348. The van der Waals surface area contributed by atoms with Crippen molar-refractivity contribution in [2.75, 3.05) is 5.32 Å². The topological polar surface area (TPSA) is 60.3 Å². The van der Waals surface area contributed by atoms with Gasteiger partial charge in [0.25, 0.3) is 0 Å². The van der Waals surface area contributed by atoms with E-state index in [4.69, 9.17) is 4.74 Å². The smallest absolute Gasteiger partial charge is 0.412 e. The average molecular weight is 465 g/mol. The van der Waals surface area contributed by atoms with E-state index in [0.29, 0.717) is 27.1 Å². The van der Waals surface area contributed by atoms with E-state index in [-0.39, 0.29) is 16.8 Å². The molecule has 0 radical (unpaired) electrons. The van der Waals surface area contributed by atoms with Crippen LogP contribution in [0.2, 0.25) is 0 Å². The van der Waals surface area contributed by atoms with Crippen molar-refractivity contribution in [3.63, 3.8) is 0 Å². The van der Waals surface area contributed by atoms with Crippen molar-refractivity contribution in [3.05, 3.63) is 68.4 Å². The Kier molecular flexibility index (Phi) is 5.49. The van der Waals surface area contributed by atoms with E-state index in [9.17, 15) is 18.4 Å². The Hall–Kier alpha value is -2.74. The Balaban J connectivity index is 2.19. The molecule has 1 amide bonds. The number of hydrogen-bond acceptors (Lipinski definition) is 3. The number of aryl methyl sites for hydroxylation is 1. The predicted molar refractivity (Wildman–Crippen MR) is 112 cm³/mol. The van der Waals surface area contributed by atoms with Gasteiger partial charge in [0.1, 0.15) is 17.2 Å². The summed E-state index contributed by atoms with van der Waals surface area (Å²) in [7, 11) is 0. The predicted octanol–water partition coefficient (Wildman–Crippen LogP) is 5.69. The zero-order chi connectivity index (χ0) is 21.5. The highest BCUT2D eigenvalue weighted by Crippen LogP contribution is 2.28. The number of pyridine rings is 1. The van der Waals surface area contributed by atoms with E-state index < -0.39 is 23.3 Å². The first kappa shape index (κ1) is 21.0. The number of hydrogen-bond donors (Lipinski definition) is 1. The fraction of sp³-hybridized carbons (Fsp3) is 0.238. The van der Waals surface area contributed by atoms with Crippen LogP contribution >= 0.6 is 15.9 Å². The maximum Gasteiger partial charge on any atom is 0.412 e. The minimum atomic E-state index is -0.943. The van der Waals surface area contributed by atoms with Gasteiger partial charge in [0.05, 0.1) is 16.9 Å². The number of nitrogens with zero attached hydrogens (tertiary/aromatic N) is 1. The van der Waals surface area contributed by atoms with Gasteiger partial charge in [0, 0.05) is 27.7 Å². The van der Waals surface area contributed by atoms with Crippen molar-refractivity contribution in [2.45, 2.75) is 33.3 Å². The van der Waals surface area contributed by atoms with E-state index in [1.54, 1.807) is 45.9 Å². The Morgan fingerprint density at radius 3 is 2.45 bits per heavy atom. The summed E-state index contributed by atoms with van der Waals surface area (Å²) in [5, 5.41) is 2.69. The minimum absolute atomic E-state index is 0.0157. The van der Waals surface area contributed by atoms with Crippen LogP contribution in [0.5, 0.6) is 0 Å². The third kappa shape index (κ3) is 4.48. The van der Waals surface area contributed by atoms with Crippen molar-refractivity contribution in [1.29, 1.82) is 0 Å². The number of rotatable bonds is 2. The molecule has 0 bridgehead atoms. The average Bonchev–Trinajstić information content (AvgIpc) is 2.56. The van der Waals surface area contributed by atoms with Crippen LogP contribution in [0.1, 0.15) is 26.5 Å². The Morgan fingerprint density at radius 1 is 1.10 bits per heavy atom. The summed E-state index contributed by atoms with van der Waals surface area (Å²) < 4.78 is 36.4. The Bertz CT molecular complexity index is 1180. The lowest BCUT2D eigenvalue weighted by molar-refractivity contribution is 0.0635. The molecule has 1 N–H and O–H groups in total. The molecular weight excluding hydrogens is 446 g/mol. The van der Waals surface area contributed by atoms with Gasteiger partial charge < -0.3 is 9.30 Å². The molecule has 0 saturated carbocycles. The highest BCUT2D eigenvalue weighted by molar-refractivity contribution is 9.10. The van der Waals surface area contributed by atoms with Gasteiger partial charge in [-0.1, -0.05) is 15.9 Å². The van der Waals surface area contributed by atoms with Crippen molar-refractivity contribution in [1.82, 2.24) is 4.57 Å². The zero-order valence-corrected chi connectivity index (χ0v) is 17.9. The molecule has 1 heterocycles. The summed E-state index contributed by atoms with van der Waals surface area (Å²) >= 11 is 3.35. The van der Waals surface area contributed by atoms with Gasteiger partial charge >= 0.3 is 6.09 Å². The second-order valence-electron chi connectivity index (χ2n) is 7.56. The highest BCUT2D eigenvalue weighted by atomic mass is 79.9.